The van der Waals surface area contributed by atoms with Crippen LogP contribution in [0.5, 0.6) is 0 Å². The van der Waals surface area contributed by atoms with Gasteiger partial charge in [-0.3, -0.25) is 9.97 Å². The molecular formula is C44H28N2. The number of fused-ring (bicyclic) bond motifs is 11. The number of aromatic nitrogens is 2. The molecule has 0 radical (unpaired) electrons. The second-order valence-electron chi connectivity index (χ2n) is 11.8. The van der Waals surface area contributed by atoms with Gasteiger partial charge in [-0.1, -0.05) is 115 Å². The molecule has 0 saturated heterocycles. The maximum absolute atomic E-state index is 4.83. The van der Waals surface area contributed by atoms with Crippen LogP contribution in [0.4, 0.5) is 0 Å². The molecule has 0 unspecified atom stereocenters. The molecule has 0 aliphatic heterocycles. The molecule has 0 bridgehead atoms. The Kier molecular flexibility index (Phi) is 6.17. The standard InChI is InChI=1S/C44H28N2/c1-2-11-30-25-43-41(24-29(30)10-1)39-18-8-7-16-37(39)35-14-4-3-13-34(35)36-15-5-6-17-38(36)40-21-19-31(26-42(40)43)32-20-22-44(46-28-32)33-12-9-23-45-27-33/h1-28H. The fourth-order valence-corrected chi connectivity index (χ4v) is 6.98. The summed E-state index contributed by atoms with van der Waals surface area (Å²) in [4.78, 5) is 9.11. The summed E-state index contributed by atoms with van der Waals surface area (Å²) in [5.41, 5.74) is 4.13. The van der Waals surface area contributed by atoms with Crippen molar-refractivity contribution in [3.05, 3.63) is 170 Å². The van der Waals surface area contributed by atoms with Crippen molar-refractivity contribution in [1.82, 2.24) is 9.97 Å². The third-order valence-electron chi connectivity index (χ3n) is 9.19. The number of hydrogen-bond acceptors (Lipinski definition) is 2. The van der Waals surface area contributed by atoms with Crippen molar-refractivity contribution in [2.45, 2.75) is 0 Å². The summed E-state index contributed by atoms with van der Waals surface area (Å²) in [6, 6.07) is 55.1. The van der Waals surface area contributed by atoms with Gasteiger partial charge in [0.25, 0.3) is 0 Å². The zero-order chi connectivity index (χ0) is 30.5. The topological polar surface area (TPSA) is 25.8 Å². The van der Waals surface area contributed by atoms with E-state index in [0.717, 1.165) is 22.4 Å². The average Bonchev–Trinajstić information content (AvgIpc) is 3.14. The van der Waals surface area contributed by atoms with Crippen LogP contribution in [-0.4, -0.2) is 9.97 Å². The first-order valence-electron chi connectivity index (χ1n) is 15.6. The molecule has 214 valence electrons. The Balaban J connectivity index is 1.48. The van der Waals surface area contributed by atoms with Gasteiger partial charge in [-0.25, -0.2) is 0 Å². The highest BCUT2D eigenvalue weighted by atomic mass is 14.7. The van der Waals surface area contributed by atoms with Crippen LogP contribution >= 0.6 is 0 Å². The highest BCUT2D eigenvalue weighted by Gasteiger charge is 2.11. The third kappa shape index (κ3) is 4.35. The van der Waals surface area contributed by atoms with E-state index in [0.29, 0.717) is 0 Å². The Morgan fingerprint density at radius 3 is 1.30 bits per heavy atom. The van der Waals surface area contributed by atoms with E-state index in [9.17, 15) is 0 Å². The summed E-state index contributed by atoms with van der Waals surface area (Å²) < 4.78 is 0. The van der Waals surface area contributed by atoms with Gasteiger partial charge in [0.2, 0.25) is 0 Å². The van der Waals surface area contributed by atoms with E-state index in [2.05, 4.69) is 145 Å². The average molecular weight is 585 g/mol. The summed E-state index contributed by atoms with van der Waals surface area (Å²) in [5.74, 6) is 0. The molecule has 0 saturated carbocycles. The van der Waals surface area contributed by atoms with Crippen LogP contribution in [0.15, 0.2) is 170 Å². The van der Waals surface area contributed by atoms with Gasteiger partial charge < -0.3 is 0 Å². The van der Waals surface area contributed by atoms with Crippen molar-refractivity contribution >= 4 is 64.6 Å². The Morgan fingerprint density at radius 1 is 0.304 bits per heavy atom. The summed E-state index contributed by atoms with van der Waals surface area (Å²) in [7, 11) is 0. The Bertz CT molecular complexity index is 2680. The smallest absolute Gasteiger partial charge is 0.0717 e. The minimum absolute atomic E-state index is 0.914. The van der Waals surface area contributed by atoms with Gasteiger partial charge in [0.15, 0.2) is 0 Å². The van der Waals surface area contributed by atoms with E-state index in [1.54, 1.807) is 6.20 Å². The van der Waals surface area contributed by atoms with Crippen LogP contribution < -0.4 is 0 Å². The monoisotopic (exact) mass is 584 g/mol. The van der Waals surface area contributed by atoms with E-state index in [1.807, 2.05) is 24.5 Å². The summed E-state index contributed by atoms with van der Waals surface area (Å²) in [5, 5.41) is 14.7. The van der Waals surface area contributed by atoms with Crippen molar-refractivity contribution in [2.24, 2.45) is 0 Å². The molecule has 2 aromatic heterocycles. The van der Waals surface area contributed by atoms with Crippen LogP contribution in [-0.2, 0) is 0 Å². The molecule has 0 amide bonds. The summed E-state index contributed by atoms with van der Waals surface area (Å²) in [6.45, 7) is 0. The lowest BCUT2D eigenvalue weighted by Crippen LogP contribution is -1.87. The molecule has 0 aliphatic rings. The second-order valence-corrected chi connectivity index (χ2v) is 11.8. The molecule has 2 heteroatoms. The maximum atomic E-state index is 4.83. The maximum Gasteiger partial charge on any atom is 0.0717 e. The van der Waals surface area contributed by atoms with Crippen molar-refractivity contribution in [3.63, 3.8) is 0 Å². The fraction of sp³-hybridized carbons (Fsp3) is 0. The number of hydrogen-bond donors (Lipinski definition) is 0. The van der Waals surface area contributed by atoms with Crippen molar-refractivity contribution in [3.8, 4) is 22.4 Å². The Morgan fingerprint density at radius 2 is 0.783 bits per heavy atom. The van der Waals surface area contributed by atoms with E-state index >= 15 is 0 Å². The highest BCUT2D eigenvalue weighted by Crippen LogP contribution is 2.38. The zero-order valence-corrected chi connectivity index (χ0v) is 25.1. The largest absolute Gasteiger partial charge is 0.264 e. The van der Waals surface area contributed by atoms with Gasteiger partial charge in [0, 0.05) is 29.7 Å². The minimum atomic E-state index is 0.914. The van der Waals surface area contributed by atoms with E-state index in [-0.39, 0.29) is 0 Å². The molecule has 2 nitrogen and oxygen atoms in total. The lowest BCUT2D eigenvalue weighted by atomic mass is 9.92. The fourth-order valence-electron chi connectivity index (χ4n) is 6.98. The van der Waals surface area contributed by atoms with Crippen LogP contribution in [0, 0.1) is 0 Å². The number of benzene rings is 6. The quantitative estimate of drug-likeness (QED) is 0.202. The predicted molar refractivity (Wildman–Crippen MR) is 196 cm³/mol. The molecule has 0 fully saturated rings. The first-order valence-corrected chi connectivity index (χ1v) is 15.6. The minimum Gasteiger partial charge on any atom is -0.264 e. The van der Waals surface area contributed by atoms with Gasteiger partial charge in [0.05, 0.1) is 5.69 Å². The number of nitrogens with zero attached hydrogens (tertiary/aromatic N) is 2. The molecule has 7 aromatic carbocycles. The van der Waals surface area contributed by atoms with E-state index in [1.165, 1.54) is 64.6 Å². The van der Waals surface area contributed by atoms with Crippen LogP contribution in [0.3, 0.4) is 0 Å². The molecule has 0 aliphatic carbocycles. The molecule has 46 heavy (non-hydrogen) atoms. The van der Waals surface area contributed by atoms with Crippen LogP contribution in [0.1, 0.15) is 0 Å². The number of pyridine rings is 2. The third-order valence-corrected chi connectivity index (χ3v) is 9.19. The molecular weight excluding hydrogens is 556 g/mol. The lowest BCUT2D eigenvalue weighted by Gasteiger charge is -2.12. The van der Waals surface area contributed by atoms with E-state index < -0.39 is 0 Å². The van der Waals surface area contributed by atoms with Crippen LogP contribution in [0.2, 0.25) is 0 Å². The van der Waals surface area contributed by atoms with Crippen LogP contribution in [0.25, 0.3) is 87.0 Å². The molecule has 0 atom stereocenters. The van der Waals surface area contributed by atoms with E-state index in [4.69, 9.17) is 4.98 Å². The SMILES string of the molecule is c1cncc(-c2ccc(-c3ccc4c5ccccc5c5ccccc5c5ccccc5c5cc6ccccc6cc5c4c3)cn2)c1. The Hall–Kier alpha value is -6.12. The van der Waals surface area contributed by atoms with Crippen molar-refractivity contribution in [2.75, 3.05) is 0 Å². The lowest BCUT2D eigenvalue weighted by molar-refractivity contribution is 1.28. The normalized spacial score (nSPS) is 11.5. The van der Waals surface area contributed by atoms with Gasteiger partial charge in [0.1, 0.15) is 0 Å². The molecule has 9 rings (SSSR count). The molecule has 9 aromatic rings. The van der Waals surface area contributed by atoms with Gasteiger partial charge in [-0.15, -0.1) is 0 Å². The van der Waals surface area contributed by atoms with Gasteiger partial charge >= 0.3 is 0 Å². The van der Waals surface area contributed by atoms with Crippen molar-refractivity contribution in [1.29, 1.82) is 0 Å². The molecule has 0 N–H and O–H groups in total. The zero-order valence-electron chi connectivity index (χ0n) is 25.1. The first kappa shape index (κ1) is 26.3. The van der Waals surface area contributed by atoms with Crippen molar-refractivity contribution < 1.29 is 0 Å². The van der Waals surface area contributed by atoms with Gasteiger partial charge in [-0.2, -0.15) is 0 Å². The summed E-state index contributed by atoms with van der Waals surface area (Å²) >= 11 is 0. The predicted octanol–water partition coefficient (Wildman–Crippen LogP) is 11.9. The Labute approximate surface area is 266 Å². The molecule has 2 heterocycles. The number of rotatable bonds is 2. The summed E-state index contributed by atoms with van der Waals surface area (Å²) in [6.07, 6.45) is 5.62. The highest BCUT2D eigenvalue weighted by molar-refractivity contribution is 6.27. The molecule has 0 spiro atoms. The second kappa shape index (κ2) is 10.8. The first-order chi connectivity index (χ1) is 22.8. The van der Waals surface area contributed by atoms with Gasteiger partial charge in [-0.05, 0) is 107 Å².